The summed E-state index contributed by atoms with van der Waals surface area (Å²) in [5.41, 5.74) is 2.95. The van der Waals surface area contributed by atoms with E-state index in [4.69, 9.17) is 5.26 Å². The molecule has 1 atom stereocenters. The van der Waals surface area contributed by atoms with E-state index in [2.05, 4.69) is 21.3 Å². The van der Waals surface area contributed by atoms with E-state index in [9.17, 15) is 4.79 Å². The lowest BCUT2D eigenvalue weighted by molar-refractivity contribution is 0.0618. The highest BCUT2D eigenvalue weighted by Gasteiger charge is 2.35. The highest BCUT2D eigenvalue weighted by molar-refractivity contribution is 5.93. The molecule has 1 aromatic heterocycles. The number of nitriles is 1. The van der Waals surface area contributed by atoms with Crippen molar-refractivity contribution < 1.29 is 4.79 Å². The van der Waals surface area contributed by atoms with E-state index < -0.39 is 0 Å². The minimum Gasteiger partial charge on any atom is -0.351 e. The fourth-order valence-corrected chi connectivity index (χ4v) is 3.83. The number of rotatable bonds is 3. The first-order valence-corrected chi connectivity index (χ1v) is 8.46. The maximum atomic E-state index is 12.5. The Labute approximate surface area is 141 Å². The van der Waals surface area contributed by atoms with E-state index >= 15 is 0 Å². The summed E-state index contributed by atoms with van der Waals surface area (Å²) >= 11 is 0. The molecule has 2 bridgehead atoms. The lowest BCUT2D eigenvalue weighted by atomic mass is 9.84. The zero-order valence-electron chi connectivity index (χ0n) is 13.5. The van der Waals surface area contributed by atoms with Gasteiger partial charge in [0.05, 0.1) is 11.6 Å². The molecule has 3 aliphatic rings. The summed E-state index contributed by atoms with van der Waals surface area (Å²) in [6.07, 6.45) is 2.36. The average molecular weight is 320 g/mol. The van der Waals surface area contributed by atoms with Crippen molar-refractivity contribution in [1.29, 1.82) is 5.26 Å². The second kappa shape index (κ2) is 6.14. The fourth-order valence-electron chi connectivity index (χ4n) is 3.83. The van der Waals surface area contributed by atoms with Crippen molar-refractivity contribution in [3.8, 4) is 17.3 Å². The number of H-pyrrole nitrogens is 1. The maximum absolute atomic E-state index is 12.5. The fraction of sp³-hybridized carbons (Fsp3) is 0.368. The van der Waals surface area contributed by atoms with E-state index in [-0.39, 0.29) is 11.9 Å². The Kier molecular flexibility index (Phi) is 3.83. The van der Waals surface area contributed by atoms with Crippen molar-refractivity contribution in [1.82, 2.24) is 15.2 Å². The van der Waals surface area contributed by atoms with Crippen LogP contribution in [0, 0.1) is 17.2 Å². The number of aromatic amines is 1. The summed E-state index contributed by atoms with van der Waals surface area (Å²) < 4.78 is 0. The highest BCUT2D eigenvalue weighted by Crippen LogP contribution is 2.27. The zero-order chi connectivity index (χ0) is 16.5. The van der Waals surface area contributed by atoms with Crippen LogP contribution in [0.1, 0.15) is 28.9 Å². The highest BCUT2D eigenvalue weighted by atomic mass is 16.2. The average Bonchev–Trinajstić information content (AvgIpc) is 3.13. The Bertz CT molecular complexity index is 796. The lowest BCUT2D eigenvalue weighted by Crippen LogP contribution is -2.57. The summed E-state index contributed by atoms with van der Waals surface area (Å²) in [6.45, 7) is 3.30. The molecule has 2 N–H and O–H groups in total. The topological polar surface area (TPSA) is 71.9 Å². The van der Waals surface area contributed by atoms with E-state index in [1.807, 2.05) is 30.3 Å². The van der Waals surface area contributed by atoms with Gasteiger partial charge in [0.1, 0.15) is 5.69 Å². The Hall–Kier alpha value is -2.58. The largest absolute Gasteiger partial charge is 0.351 e. The third-order valence-electron chi connectivity index (χ3n) is 5.21. The zero-order valence-corrected chi connectivity index (χ0v) is 13.5. The van der Waals surface area contributed by atoms with Gasteiger partial charge in [0.2, 0.25) is 0 Å². The number of carbonyl (C=O) groups excluding carboxylic acids is 1. The smallest absolute Gasteiger partial charge is 0.267 e. The van der Waals surface area contributed by atoms with Crippen molar-refractivity contribution in [3.63, 3.8) is 0 Å². The van der Waals surface area contributed by atoms with Gasteiger partial charge in [-0.2, -0.15) is 5.26 Å². The SMILES string of the molecule is N#Cc1cccc(-c2ccc(C(=O)N[C@H]3CN4CCC3CC4)[nH]2)c1. The van der Waals surface area contributed by atoms with Gasteiger partial charge >= 0.3 is 0 Å². The molecule has 2 aromatic rings. The van der Waals surface area contributed by atoms with E-state index in [0.29, 0.717) is 17.2 Å². The first kappa shape index (κ1) is 15.0. The van der Waals surface area contributed by atoms with Crippen molar-refractivity contribution in [3.05, 3.63) is 47.7 Å². The van der Waals surface area contributed by atoms with E-state index in [1.54, 1.807) is 6.07 Å². The van der Waals surface area contributed by atoms with Gasteiger partial charge in [0.15, 0.2) is 0 Å². The summed E-state index contributed by atoms with van der Waals surface area (Å²) in [5, 5.41) is 12.2. The number of carbonyl (C=O) groups is 1. The van der Waals surface area contributed by atoms with Crippen LogP contribution in [0.15, 0.2) is 36.4 Å². The molecular formula is C19H20N4O. The molecule has 5 rings (SSSR count). The Morgan fingerprint density at radius 1 is 1.25 bits per heavy atom. The molecule has 1 amide bonds. The predicted molar refractivity (Wildman–Crippen MR) is 91.4 cm³/mol. The molecule has 1 aromatic carbocycles. The number of aromatic nitrogens is 1. The third-order valence-corrected chi connectivity index (χ3v) is 5.21. The molecule has 0 radical (unpaired) electrons. The van der Waals surface area contributed by atoms with Crippen LogP contribution >= 0.6 is 0 Å². The van der Waals surface area contributed by atoms with Crippen LogP contribution in [0.2, 0.25) is 0 Å². The number of piperidine rings is 3. The predicted octanol–water partition coefficient (Wildman–Crippen LogP) is 2.38. The van der Waals surface area contributed by atoms with Gasteiger partial charge in [-0.15, -0.1) is 0 Å². The molecule has 4 heterocycles. The van der Waals surface area contributed by atoms with Crippen LogP contribution in [0.4, 0.5) is 0 Å². The van der Waals surface area contributed by atoms with Gasteiger partial charge in [-0.05, 0) is 61.7 Å². The van der Waals surface area contributed by atoms with Crippen LogP contribution < -0.4 is 5.32 Å². The monoisotopic (exact) mass is 320 g/mol. The molecule has 24 heavy (non-hydrogen) atoms. The minimum absolute atomic E-state index is 0.0450. The van der Waals surface area contributed by atoms with Crippen LogP contribution in [-0.4, -0.2) is 41.5 Å². The van der Waals surface area contributed by atoms with Crippen molar-refractivity contribution in [2.24, 2.45) is 5.92 Å². The molecule has 3 aliphatic heterocycles. The number of nitrogens with one attached hydrogen (secondary N) is 2. The van der Waals surface area contributed by atoms with Crippen LogP contribution in [0.3, 0.4) is 0 Å². The molecule has 0 saturated carbocycles. The van der Waals surface area contributed by atoms with Gasteiger partial charge in [-0.3, -0.25) is 4.79 Å². The Morgan fingerprint density at radius 3 is 2.79 bits per heavy atom. The van der Waals surface area contributed by atoms with Crippen molar-refractivity contribution in [2.45, 2.75) is 18.9 Å². The van der Waals surface area contributed by atoms with Crippen LogP contribution in [0.5, 0.6) is 0 Å². The normalized spacial score (nSPS) is 25.2. The van der Waals surface area contributed by atoms with E-state index in [1.165, 1.54) is 25.9 Å². The third kappa shape index (κ3) is 2.81. The molecular weight excluding hydrogens is 300 g/mol. The first-order valence-electron chi connectivity index (χ1n) is 8.46. The second-order valence-electron chi connectivity index (χ2n) is 6.70. The molecule has 5 heteroatoms. The lowest BCUT2D eigenvalue weighted by Gasteiger charge is -2.44. The van der Waals surface area contributed by atoms with Crippen LogP contribution in [0.25, 0.3) is 11.3 Å². The number of amides is 1. The summed E-state index contributed by atoms with van der Waals surface area (Å²) in [6, 6.07) is 13.5. The number of benzene rings is 1. The second-order valence-corrected chi connectivity index (χ2v) is 6.70. The molecule has 5 nitrogen and oxygen atoms in total. The van der Waals surface area contributed by atoms with E-state index in [0.717, 1.165) is 17.8 Å². The van der Waals surface area contributed by atoms with Gasteiger partial charge in [-0.1, -0.05) is 12.1 Å². The number of nitrogens with zero attached hydrogens (tertiary/aromatic N) is 2. The molecule has 3 fully saturated rings. The minimum atomic E-state index is -0.0450. The maximum Gasteiger partial charge on any atom is 0.267 e. The quantitative estimate of drug-likeness (QED) is 0.912. The number of fused-ring (bicyclic) bond motifs is 3. The Balaban J connectivity index is 1.48. The molecule has 0 aliphatic carbocycles. The molecule has 3 saturated heterocycles. The number of hydrogen-bond acceptors (Lipinski definition) is 3. The summed E-state index contributed by atoms with van der Waals surface area (Å²) in [4.78, 5) is 18.2. The first-order chi connectivity index (χ1) is 11.7. The summed E-state index contributed by atoms with van der Waals surface area (Å²) in [7, 11) is 0. The van der Waals surface area contributed by atoms with Crippen LogP contribution in [-0.2, 0) is 0 Å². The van der Waals surface area contributed by atoms with Gasteiger partial charge in [-0.25, -0.2) is 0 Å². The van der Waals surface area contributed by atoms with Crippen molar-refractivity contribution >= 4 is 5.91 Å². The summed E-state index contributed by atoms with van der Waals surface area (Å²) in [5.74, 6) is 0.567. The number of hydrogen-bond donors (Lipinski definition) is 2. The van der Waals surface area contributed by atoms with Gasteiger partial charge in [0, 0.05) is 18.3 Å². The van der Waals surface area contributed by atoms with Gasteiger partial charge < -0.3 is 15.2 Å². The molecule has 122 valence electrons. The Morgan fingerprint density at radius 2 is 2.08 bits per heavy atom. The molecule has 0 spiro atoms. The van der Waals surface area contributed by atoms with Crippen molar-refractivity contribution in [2.75, 3.05) is 19.6 Å². The van der Waals surface area contributed by atoms with Gasteiger partial charge in [0.25, 0.3) is 5.91 Å². The standard InChI is InChI=1S/C19H20N4O/c20-11-13-2-1-3-15(10-13)16-4-5-17(21-16)19(24)22-18-12-23-8-6-14(18)7-9-23/h1-5,10,14,18,21H,6-9,12H2,(H,22,24)/t18-/m0/s1. The molecule has 0 unspecified atom stereocenters.